The fraction of sp³-hybridized carbons (Fsp3) is 0.292. The minimum atomic E-state index is -1.06. The first-order valence-corrected chi connectivity index (χ1v) is 11.1. The second-order valence-electron chi connectivity index (χ2n) is 8.23. The zero-order chi connectivity index (χ0) is 23.5. The summed E-state index contributed by atoms with van der Waals surface area (Å²) in [6, 6.07) is 9.16. The lowest BCUT2D eigenvalue weighted by Crippen LogP contribution is -2.44. The van der Waals surface area contributed by atoms with E-state index >= 15 is 0 Å². The van der Waals surface area contributed by atoms with Crippen LogP contribution in [0.2, 0.25) is 0 Å². The topological polar surface area (TPSA) is 99.8 Å². The number of hydrogen-bond donors (Lipinski definition) is 1. The maximum Gasteiger partial charge on any atom is 0.203 e. The quantitative estimate of drug-likeness (QED) is 0.469. The van der Waals surface area contributed by atoms with Gasteiger partial charge in [-0.25, -0.2) is 19.0 Å². The van der Waals surface area contributed by atoms with E-state index < -0.39 is 12.3 Å². The average molecular weight is 462 g/mol. The summed E-state index contributed by atoms with van der Waals surface area (Å²) in [6.45, 7) is 1.01. The van der Waals surface area contributed by atoms with Gasteiger partial charge in [-0.05, 0) is 24.6 Å². The third kappa shape index (κ3) is 4.86. The first-order chi connectivity index (χ1) is 16.5. The molecule has 174 valence electrons. The van der Waals surface area contributed by atoms with Crippen molar-refractivity contribution in [2.75, 3.05) is 13.1 Å². The van der Waals surface area contributed by atoms with Gasteiger partial charge in [-0.2, -0.15) is 10.2 Å². The van der Waals surface area contributed by atoms with E-state index in [1.807, 2.05) is 37.5 Å². The van der Waals surface area contributed by atoms with Gasteiger partial charge in [-0.15, -0.1) is 0 Å². The molecule has 4 aromatic rings. The molecule has 5 rings (SSSR count). The van der Waals surface area contributed by atoms with Gasteiger partial charge in [0.1, 0.15) is 23.7 Å². The van der Waals surface area contributed by atoms with Crippen LogP contribution >= 0.6 is 0 Å². The summed E-state index contributed by atoms with van der Waals surface area (Å²) in [5.41, 5.74) is 2.78. The number of ether oxygens (including phenoxy) is 1. The molecule has 1 saturated heterocycles. The van der Waals surface area contributed by atoms with Crippen LogP contribution in [0, 0.1) is 0 Å². The number of halogens is 1. The largest absolute Gasteiger partial charge is 0.484 e. The molecule has 0 radical (unpaired) electrons. The van der Waals surface area contributed by atoms with E-state index in [2.05, 4.69) is 25.5 Å². The molecule has 1 aliphatic heterocycles. The molecule has 1 aliphatic rings. The van der Waals surface area contributed by atoms with Crippen molar-refractivity contribution in [1.82, 2.24) is 34.8 Å². The van der Waals surface area contributed by atoms with E-state index in [4.69, 9.17) is 4.74 Å². The molecule has 0 amide bonds. The Hall–Kier alpha value is -3.92. The standard InChI is InChI=1S/C24H24FN7O2/c1-31-15-18(11-29-31)32-8-6-22(33)21(30-32)10-16-3-2-4-17(9-16)24-27-12-19(13-28-24)34-23-5-7-26-14-20(23)25/h2-4,6,8-9,11-13,15,20,23,26H,5,7,10,14H2,1H3/t20-,23-/m1/s1. The van der Waals surface area contributed by atoms with E-state index in [1.165, 1.54) is 6.07 Å². The molecule has 1 N–H and O–H groups in total. The highest BCUT2D eigenvalue weighted by Crippen LogP contribution is 2.21. The van der Waals surface area contributed by atoms with Gasteiger partial charge in [0.05, 0.1) is 24.8 Å². The van der Waals surface area contributed by atoms with Gasteiger partial charge in [0, 0.05) is 37.8 Å². The molecule has 34 heavy (non-hydrogen) atoms. The highest BCUT2D eigenvalue weighted by Gasteiger charge is 2.26. The Morgan fingerprint density at radius 3 is 2.82 bits per heavy atom. The van der Waals surface area contributed by atoms with Crippen LogP contribution in [0.4, 0.5) is 4.39 Å². The lowest BCUT2D eigenvalue weighted by atomic mass is 10.1. The highest BCUT2D eigenvalue weighted by molar-refractivity contribution is 5.56. The molecule has 0 bridgehead atoms. The fourth-order valence-corrected chi connectivity index (χ4v) is 3.88. The fourth-order valence-electron chi connectivity index (χ4n) is 3.88. The molecular formula is C24H24FN7O2. The SMILES string of the molecule is Cn1cc(-n2ccc(=O)c(Cc3cccc(-c4ncc(O[C@@H]5CCNC[C@H]5F)cn4)c3)n2)cn1. The predicted octanol–water partition coefficient (Wildman–Crippen LogP) is 2.09. The van der Waals surface area contributed by atoms with E-state index in [-0.39, 0.29) is 5.43 Å². The highest BCUT2D eigenvalue weighted by atomic mass is 19.1. The summed E-state index contributed by atoms with van der Waals surface area (Å²) in [6.07, 6.45) is 7.68. The molecule has 4 heterocycles. The third-order valence-corrected chi connectivity index (χ3v) is 5.66. The van der Waals surface area contributed by atoms with E-state index in [9.17, 15) is 9.18 Å². The maximum atomic E-state index is 14.0. The zero-order valence-electron chi connectivity index (χ0n) is 18.6. The zero-order valence-corrected chi connectivity index (χ0v) is 18.6. The van der Waals surface area contributed by atoms with Crippen LogP contribution in [-0.2, 0) is 13.5 Å². The number of benzene rings is 1. The Balaban J connectivity index is 1.33. The van der Waals surface area contributed by atoms with Gasteiger partial charge < -0.3 is 10.1 Å². The Morgan fingerprint density at radius 1 is 1.21 bits per heavy atom. The monoisotopic (exact) mass is 461 g/mol. The minimum absolute atomic E-state index is 0.132. The molecule has 3 aromatic heterocycles. The molecule has 2 atom stereocenters. The van der Waals surface area contributed by atoms with Crippen molar-refractivity contribution in [3.63, 3.8) is 0 Å². The van der Waals surface area contributed by atoms with Crippen LogP contribution < -0.4 is 15.5 Å². The van der Waals surface area contributed by atoms with Gasteiger partial charge >= 0.3 is 0 Å². The summed E-state index contributed by atoms with van der Waals surface area (Å²) < 4.78 is 23.0. The van der Waals surface area contributed by atoms with Gasteiger partial charge in [-0.3, -0.25) is 9.48 Å². The Bertz CT molecular complexity index is 1340. The minimum Gasteiger partial charge on any atom is -0.484 e. The smallest absolute Gasteiger partial charge is 0.203 e. The number of piperidine rings is 1. The first kappa shape index (κ1) is 21.9. The van der Waals surface area contributed by atoms with Crippen LogP contribution in [0.5, 0.6) is 5.75 Å². The lowest BCUT2D eigenvalue weighted by molar-refractivity contribution is 0.0725. The number of nitrogens with one attached hydrogen (secondary N) is 1. The van der Waals surface area contributed by atoms with E-state index in [1.54, 1.807) is 34.2 Å². The number of rotatable bonds is 6. The van der Waals surface area contributed by atoms with E-state index in [0.29, 0.717) is 36.7 Å². The van der Waals surface area contributed by atoms with Crippen molar-refractivity contribution in [3.05, 3.63) is 82.8 Å². The molecule has 10 heteroatoms. The molecule has 1 aromatic carbocycles. The van der Waals surface area contributed by atoms with Crippen molar-refractivity contribution in [3.8, 4) is 22.8 Å². The molecular weight excluding hydrogens is 437 g/mol. The van der Waals surface area contributed by atoms with Crippen molar-refractivity contribution in [1.29, 1.82) is 0 Å². The number of hydrogen-bond acceptors (Lipinski definition) is 7. The van der Waals surface area contributed by atoms with Crippen LogP contribution in [0.15, 0.2) is 66.1 Å². The number of nitrogens with zero attached hydrogens (tertiary/aromatic N) is 6. The summed E-state index contributed by atoms with van der Waals surface area (Å²) in [4.78, 5) is 21.2. The molecule has 9 nitrogen and oxygen atoms in total. The van der Waals surface area contributed by atoms with Crippen molar-refractivity contribution >= 4 is 0 Å². The van der Waals surface area contributed by atoms with Crippen LogP contribution in [0.3, 0.4) is 0 Å². The van der Waals surface area contributed by atoms with Crippen molar-refractivity contribution in [2.24, 2.45) is 7.05 Å². The molecule has 0 spiro atoms. The van der Waals surface area contributed by atoms with Crippen LogP contribution in [-0.4, -0.2) is 54.9 Å². The first-order valence-electron chi connectivity index (χ1n) is 11.1. The number of aryl methyl sites for hydroxylation is 1. The summed E-state index contributed by atoms with van der Waals surface area (Å²) >= 11 is 0. The Kier molecular flexibility index (Phi) is 6.13. The second kappa shape index (κ2) is 9.52. The Morgan fingerprint density at radius 2 is 2.06 bits per heavy atom. The third-order valence-electron chi connectivity index (χ3n) is 5.66. The number of aromatic nitrogens is 6. The number of alkyl halides is 1. The van der Waals surface area contributed by atoms with Crippen molar-refractivity contribution in [2.45, 2.75) is 25.1 Å². The summed E-state index contributed by atoms with van der Waals surface area (Å²) in [7, 11) is 1.82. The lowest BCUT2D eigenvalue weighted by Gasteiger charge is -2.27. The van der Waals surface area contributed by atoms with Gasteiger partial charge in [0.25, 0.3) is 0 Å². The van der Waals surface area contributed by atoms with Gasteiger partial charge in [0.2, 0.25) is 5.43 Å². The summed E-state index contributed by atoms with van der Waals surface area (Å²) in [5.74, 6) is 0.962. The molecule has 0 saturated carbocycles. The second-order valence-corrected chi connectivity index (χ2v) is 8.23. The van der Waals surface area contributed by atoms with Crippen LogP contribution in [0.1, 0.15) is 17.7 Å². The predicted molar refractivity (Wildman–Crippen MR) is 124 cm³/mol. The van der Waals surface area contributed by atoms with E-state index in [0.717, 1.165) is 23.4 Å². The van der Waals surface area contributed by atoms with Crippen molar-refractivity contribution < 1.29 is 9.13 Å². The normalized spacial score (nSPS) is 18.1. The Labute approximate surface area is 195 Å². The molecule has 0 aliphatic carbocycles. The van der Waals surface area contributed by atoms with Gasteiger partial charge in [-0.1, -0.05) is 18.2 Å². The molecule has 0 unspecified atom stereocenters. The van der Waals surface area contributed by atoms with Crippen LogP contribution in [0.25, 0.3) is 17.1 Å². The average Bonchev–Trinajstić information content (AvgIpc) is 3.29. The van der Waals surface area contributed by atoms with Gasteiger partial charge in [0.15, 0.2) is 11.6 Å². The summed E-state index contributed by atoms with van der Waals surface area (Å²) in [5, 5.41) is 11.6. The maximum absolute atomic E-state index is 14.0. The molecule has 1 fully saturated rings.